The molecule has 6 amide bonds. The van der Waals surface area contributed by atoms with Gasteiger partial charge in [0, 0.05) is 112 Å². The number of rotatable bonds is 44. The first-order chi connectivity index (χ1) is 44.3. The number of carbonyl (C=O) groups excluding carboxylic acids is 12. The standard InChI is InChI=1S/C66H110N12O18/c1-39(79)76-34-16-19-46(76)57(93)64(10,11)73-43(22-25-51(84)85)54(90)61(4,5)70-31-28-67-49(82)37-42(60(96)69-30-33-72-63(8,9)56(92)45(24-27-53(88)89)75-66(14,15)59(95)48-21-18-36-78(48)41(3)81)38-50(83)68-29-32-71-62(6,7)55(91)44(23-26-52(86)87)74-65(12,13)58(94)47-20-17-35-77(47)40(2)80/h42-48,70-75H,16-38H2,1-15H3,(H,67,82)(H,68,83)(H,69,96)(H,84,85)(H,86,87)(H,88,89). The van der Waals surface area contributed by atoms with E-state index in [2.05, 4.69) is 47.9 Å². The highest BCUT2D eigenvalue weighted by molar-refractivity contribution is 6.00. The number of aliphatic carboxylic acids is 3. The van der Waals surface area contributed by atoms with Gasteiger partial charge in [-0.25, -0.2) is 0 Å². The summed E-state index contributed by atoms with van der Waals surface area (Å²) in [4.78, 5) is 203. The van der Waals surface area contributed by atoms with Gasteiger partial charge in [0.2, 0.25) is 35.4 Å². The average Bonchev–Trinajstić information content (AvgIpc) is 1.41. The molecule has 6 unspecified atom stereocenters. The van der Waals surface area contributed by atoms with Crippen molar-refractivity contribution in [2.75, 3.05) is 58.9 Å². The summed E-state index contributed by atoms with van der Waals surface area (Å²) in [5.41, 5.74) is -8.21. The first kappa shape index (κ1) is 83.2. The third-order valence-electron chi connectivity index (χ3n) is 18.3. The van der Waals surface area contributed by atoms with Crippen molar-refractivity contribution < 1.29 is 87.2 Å². The number of Topliss-reactive ketones (excluding diaryl/α,β-unsaturated/α-hetero) is 6. The van der Waals surface area contributed by atoms with Gasteiger partial charge < -0.3 is 61.9 Å². The number of hydrogen-bond donors (Lipinski definition) is 12. The SMILES string of the molecule is CC(=O)N1CCCC1C(=O)C(C)(C)NC(CCC(=O)O)C(=O)C(C)(C)NCCNC(=O)CC(CC(=O)NCCNC(C)(C)C(=O)C(CCC(=O)O)NC(C)(C)C(=O)C1CCCN1C(C)=O)C(=O)NCCNC(C)(C)C(=O)C(CCC(=O)O)NC(C)(C)C(=O)C1CCCN1C(C)=O. The molecule has 3 saturated heterocycles. The van der Waals surface area contributed by atoms with Crippen molar-refractivity contribution in [2.24, 2.45) is 5.92 Å². The fourth-order valence-electron chi connectivity index (χ4n) is 12.9. The zero-order valence-electron chi connectivity index (χ0n) is 59.1. The molecule has 96 heavy (non-hydrogen) atoms. The number of likely N-dealkylation sites (tertiary alicyclic amines) is 3. The van der Waals surface area contributed by atoms with Crippen molar-refractivity contribution in [3.63, 3.8) is 0 Å². The van der Waals surface area contributed by atoms with Gasteiger partial charge in [-0.15, -0.1) is 0 Å². The van der Waals surface area contributed by atoms with E-state index >= 15 is 0 Å². The van der Waals surface area contributed by atoms with Crippen LogP contribution in [0.15, 0.2) is 0 Å². The minimum atomic E-state index is -1.39. The van der Waals surface area contributed by atoms with Crippen molar-refractivity contribution >= 4 is 88.1 Å². The lowest BCUT2D eigenvalue weighted by Gasteiger charge is -2.37. The molecule has 0 bridgehead atoms. The van der Waals surface area contributed by atoms with Crippen LogP contribution < -0.4 is 47.9 Å². The molecule has 30 heteroatoms. The molecule has 0 aliphatic carbocycles. The third-order valence-corrected chi connectivity index (χ3v) is 18.3. The molecule has 0 radical (unpaired) electrons. The molecule has 0 spiro atoms. The molecule has 542 valence electrons. The van der Waals surface area contributed by atoms with E-state index < -0.39 is 160 Å². The lowest BCUT2D eigenvalue weighted by Crippen LogP contribution is -2.63. The van der Waals surface area contributed by atoms with Crippen molar-refractivity contribution in [3.05, 3.63) is 0 Å². The molecular weight excluding hydrogens is 1250 g/mol. The van der Waals surface area contributed by atoms with Gasteiger partial charge >= 0.3 is 17.9 Å². The number of carboxylic acid groups (broad SMARTS) is 3. The van der Waals surface area contributed by atoms with Crippen molar-refractivity contribution in [3.8, 4) is 0 Å². The maximum Gasteiger partial charge on any atom is 0.303 e. The molecule has 3 fully saturated rings. The van der Waals surface area contributed by atoms with Crippen LogP contribution in [0, 0.1) is 5.92 Å². The molecule has 0 aromatic heterocycles. The number of amides is 6. The van der Waals surface area contributed by atoms with E-state index in [0.717, 1.165) is 0 Å². The Balaban J connectivity index is 1.78. The Kier molecular flexibility index (Phi) is 31.2. The molecule has 3 rings (SSSR count). The minimum Gasteiger partial charge on any atom is -0.481 e. The van der Waals surface area contributed by atoms with Crippen LogP contribution in [0.5, 0.6) is 0 Å². The minimum absolute atomic E-state index is 0.0243. The number of ketones is 6. The van der Waals surface area contributed by atoms with Gasteiger partial charge in [0.05, 0.1) is 75.4 Å². The summed E-state index contributed by atoms with van der Waals surface area (Å²) in [6.07, 6.45) is 0.303. The Bertz CT molecular complexity index is 2750. The summed E-state index contributed by atoms with van der Waals surface area (Å²) >= 11 is 0. The van der Waals surface area contributed by atoms with Crippen LogP contribution in [0.1, 0.15) is 194 Å². The smallest absolute Gasteiger partial charge is 0.303 e. The van der Waals surface area contributed by atoms with Gasteiger partial charge in [-0.1, -0.05) is 0 Å². The van der Waals surface area contributed by atoms with E-state index in [-0.39, 0.29) is 93.6 Å². The van der Waals surface area contributed by atoms with E-state index in [1.54, 1.807) is 83.1 Å². The maximum absolute atomic E-state index is 14.3. The molecule has 3 heterocycles. The first-order valence-electron chi connectivity index (χ1n) is 33.4. The van der Waals surface area contributed by atoms with Crippen molar-refractivity contribution in [1.29, 1.82) is 0 Å². The van der Waals surface area contributed by atoms with Crippen LogP contribution in [-0.2, 0) is 71.9 Å². The lowest BCUT2D eigenvalue weighted by molar-refractivity contribution is -0.140. The van der Waals surface area contributed by atoms with Gasteiger partial charge in [-0.2, -0.15) is 0 Å². The van der Waals surface area contributed by atoms with Gasteiger partial charge in [0.15, 0.2) is 34.7 Å². The second-order valence-electron chi connectivity index (χ2n) is 28.8. The Morgan fingerprint density at radius 3 is 0.865 bits per heavy atom. The highest BCUT2D eigenvalue weighted by Crippen LogP contribution is 2.28. The van der Waals surface area contributed by atoms with E-state index in [9.17, 15) is 87.2 Å². The van der Waals surface area contributed by atoms with Crippen molar-refractivity contribution in [2.45, 2.75) is 263 Å². The summed E-state index contributed by atoms with van der Waals surface area (Å²) in [5, 5.41) is 55.4. The molecule has 0 saturated carbocycles. The van der Waals surface area contributed by atoms with Crippen LogP contribution in [0.25, 0.3) is 0 Å². The Morgan fingerprint density at radius 1 is 0.375 bits per heavy atom. The summed E-state index contributed by atoms with van der Waals surface area (Å²) in [6.45, 7) is 23.6. The normalized spacial score (nSPS) is 18.4. The average molecular weight is 1360 g/mol. The number of nitrogens with zero attached hydrogens (tertiary/aromatic N) is 3. The van der Waals surface area contributed by atoms with Gasteiger partial charge in [0.25, 0.3) is 0 Å². The zero-order chi connectivity index (χ0) is 73.1. The van der Waals surface area contributed by atoms with Crippen LogP contribution >= 0.6 is 0 Å². The van der Waals surface area contributed by atoms with E-state index in [1.165, 1.54) is 35.5 Å². The molecule has 12 N–H and O–H groups in total. The quantitative estimate of drug-likeness (QED) is 0.0360. The van der Waals surface area contributed by atoms with E-state index in [0.29, 0.717) is 58.2 Å². The van der Waals surface area contributed by atoms with Gasteiger partial charge in [0.1, 0.15) is 0 Å². The van der Waals surface area contributed by atoms with Gasteiger partial charge in [-0.3, -0.25) is 87.9 Å². The monoisotopic (exact) mass is 1360 g/mol. The highest BCUT2D eigenvalue weighted by atomic mass is 16.4. The van der Waals surface area contributed by atoms with E-state index in [4.69, 9.17) is 0 Å². The lowest BCUT2D eigenvalue weighted by atomic mass is 9.86. The van der Waals surface area contributed by atoms with Crippen LogP contribution in [-0.4, -0.2) is 246 Å². The van der Waals surface area contributed by atoms with E-state index in [1.807, 2.05) is 0 Å². The highest BCUT2D eigenvalue weighted by Gasteiger charge is 2.48. The summed E-state index contributed by atoms with van der Waals surface area (Å²) in [5.74, 6) is -10.2. The summed E-state index contributed by atoms with van der Waals surface area (Å²) < 4.78 is 0. The number of carbonyl (C=O) groups is 15. The van der Waals surface area contributed by atoms with Crippen LogP contribution in [0.4, 0.5) is 0 Å². The molecule has 0 aromatic rings. The van der Waals surface area contributed by atoms with Crippen molar-refractivity contribution in [1.82, 2.24) is 62.6 Å². The summed E-state index contributed by atoms with van der Waals surface area (Å²) in [6, 6.07) is -5.61. The third kappa shape index (κ3) is 24.8. The molecular formula is C66H110N12O18. The first-order valence-corrected chi connectivity index (χ1v) is 33.4. The molecule has 0 aromatic carbocycles. The Morgan fingerprint density at radius 2 is 0.625 bits per heavy atom. The molecule has 30 nitrogen and oxygen atoms in total. The van der Waals surface area contributed by atoms with Crippen LogP contribution in [0.3, 0.4) is 0 Å². The number of hydrogen-bond acceptors (Lipinski definition) is 21. The fraction of sp³-hybridized carbons (Fsp3) is 0.773. The van der Waals surface area contributed by atoms with Gasteiger partial charge in [-0.05, 0) is 141 Å². The molecule has 6 atom stereocenters. The number of carboxylic acids is 3. The Hall–Kier alpha value is -6.99. The fourth-order valence-corrected chi connectivity index (χ4v) is 12.9. The second-order valence-corrected chi connectivity index (χ2v) is 28.8. The second kappa shape index (κ2) is 36.0. The topological polar surface area (TPSA) is 435 Å². The molecule has 3 aliphatic rings. The Labute approximate surface area is 563 Å². The number of nitrogens with one attached hydrogen (secondary N) is 9. The molecule has 3 aliphatic heterocycles. The maximum atomic E-state index is 14.3. The predicted octanol–water partition coefficient (Wildman–Crippen LogP) is 0.0881. The summed E-state index contributed by atoms with van der Waals surface area (Å²) in [7, 11) is 0. The van der Waals surface area contributed by atoms with Crippen LogP contribution in [0.2, 0.25) is 0 Å². The zero-order valence-corrected chi connectivity index (χ0v) is 59.1. The largest absolute Gasteiger partial charge is 0.481 e. The predicted molar refractivity (Wildman–Crippen MR) is 353 cm³/mol.